The second-order valence-electron chi connectivity index (χ2n) is 6.49. The number of hydrogen-bond acceptors (Lipinski definition) is 6. The Balaban J connectivity index is 2.19. The Morgan fingerprint density at radius 2 is 1.96 bits per heavy atom. The Hall–Kier alpha value is -2.81. The van der Waals surface area contributed by atoms with E-state index in [2.05, 4.69) is 10.3 Å². The topological polar surface area (TPSA) is 105 Å². The standard InChI is InChI=1S/C18H22N4O4S/c1-10(2)21(9-16(23)20-18-19-12(4)13(5)27-18)17(24)14-7-6-11(3)15(8-14)22(25)26/h6-8,10H,9H2,1-5H3,(H,19,20,23). The van der Waals surface area contributed by atoms with Gasteiger partial charge < -0.3 is 10.2 Å². The summed E-state index contributed by atoms with van der Waals surface area (Å²) in [6.07, 6.45) is 0. The maximum absolute atomic E-state index is 12.8. The quantitative estimate of drug-likeness (QED) is 0.600. The van der Waals surface area contributed by atoms with Gasteiger partial charge >= 0.3 is 0 Å². The molecule has 2 aromatic rings. The number of anilines is 1. The monoisotopic (exact) mass is 390 g/mol. The molecule has 0 atom stereocenters. The van der Waals surface area contributed by atoms with Crippen molar-refractivity contribution in [3.05, 3.63) is 50.0 Å². The predicted octanol–water partition coefficient (Wildman–Crippen LogP) is 3.47. The van der Waals surface area contributed by atoms with Crippen LogP contribution in [-0.2, 0) is 4.79 Å². The van der Waals surface area contributed by atoms with Crippen molar-refractivity contribution in [1.82, 2.24) is 9.88 Å². The average Bonchev–Trinajstić information content (AvgIpc) is 2.89. The molecule has 1 aromatic carbocycles. The Kier molecular flexibility index (Phi) is 6.27. The zero-order valence-corrected chi connectivity index (χ0v) is 16.7. The lowest BCUT2D eigenvalue weighted by atomic mass is 10.1. The lowest BCUT2D eigenvalue weighted by Crippen LogP contribution is -2.42. The molecule has 8 nitrogen and oxygen atoms in total. The minimum atomic E-state index is -0.522. The normalized spacial score (nSPS) is 10.7. The summed E-state index contributed by atoms with van der Waals surface area (Å²) in [5, 5.41) is 14.3. The number of nitrogens with one attached hydrogen (secondary N) is 1. The molecule has 0 fully saturated rings. The summed E-state index contributed by atoms with van der Waals surface area (Å²) in [5.74, 6) is -0.804. The van der Waals surface area contributed by atoms with E-state index in [9.17, 15) is 19.7 Å². The number of carbonyl (C=O) groups excluding carboxylic acids is 2. The second kappa shape index (κ2) is 8.26. The number of rotatable bonds is 6. The fraction of sp³-hybridized carbons (Fsp3) is 0.389. The molecule has 1 aromatic heterocycles. The number of amides is 2. The van der Waals surface area contributed by atoms with Crippen LogP contribution in [0.2, 0.25) is 0 Å². The minimum absolute atomic E-state index is 0.122. The van der Waals surface area contributed by atoms with E-state index >= 15 is 0 Å². The lowest BCUT2D eigenvalue weighted by Gasteiger charge is -2.26. The van der Waals surface area contributed by atoms with Crippen LogP contribution in [0.3, 0.4) is 0 Å². The molecule has 0 radical (unpaired) electrons. The van der Waals surface area contributed by atoms with Crippen LogP contribution in [0, 0.1) is 30.9 Å². The highest BCUT2D eigenvalue weighted by Gasteiger charge is 2.24. The van der Waals surface area contributed by atoms with Crippen LogP contribution < -0.4 is 5.32 Å². The Bertz CT molecular complexity index is 872. The molecule has 144 valence electrons. The van der Waals surface area contributed by atoms with Gasteiger partial charge in [0.2, 0.25) is 5.91 Å². The first kappa shape index (κ1) is 20.5. The largest absolute Gasteiger partial charge is 0.327 e. The van der Waals surface area contributed by atoms with E-state index in [4.69, 9.17) is 0 Å². The van der Waals surface area contributed by atoms with Crippen LogP contribution in [0.25, 0.3) is 0 Å². The smallest absolute Gasteiger partial charge is 0.273 e. The van der Waals surface area contributed by atoms with E-state index < -0.39 is 10.8 Å². The van der Waals surface area contributed by atoms with Crippen molar-refractivity contribution in [2.24, 2.45) is 0 Å². The summed E-state index contributed by atoms with van der Waals surface area (Å²) in [4.78, 5) is 42.4. The third-order valence-electron chi connectivity index (χ3n) is 4.13. The van der Waals surface area contributed by atoms with E-state index in [1.54, 1.807) is 20.8 Å². The minimum Gasteiger partial charge on any atom is -0.327 e. The fourth-order valence-corrected chi connectivity index (χ4v) is 3.26. The molecular weight excluding hydrogens is 368 g/mol. The van der Waals surface area contributed by atoms with Gasteiger partial charge in [-0.05, 0) is 40.7 Å². The molecule has 27 heavy (non-hydrogen) atoms. The van der Waals surface area contributed by atoms with Gasteiger partial charge in [-0.2, -0.15) is 0 Å². The second-order valence-corrected chi connectivity index (χ2v) is 7.70. The summed E-state index contributed by atoms with van der Waals surface area (Å²) < 4.78 is 0. The van der Waals surface area contributed by atoms with Crippen molar-refractivity contribution in [2.45, 2.75) is 40.7 Å². The van der Waals surface area contributed by atoms with E-state index in [0.29, 0.717) is 10.7 Å². The third-order valence-corrected chi connectivity index (χ3v) is 5.11. The predicted molar refractivity (Wildman–Crippen MR) is 104 cm³/mol. The number of thiazole rings is 1. The molecule has 0 aliphatic rings. The van der Waals surface area contributed by atoms with Crippen LogP contribution in [-0.4, -0.2) is 39.2 Å². The molecule has 0 aliphatic carbocycles. The highest BCUT2D eigenvalue weighted by molar-refractivity contribution is 7.15. The van der Waals surface area contributed by atoms with E-state index in [0.717, 1.165) is 10.6 Å². The molecule has 1 heterocycles. The van der Waals surface area contributed by atoms with E-state index in [-0.39, 0.29) is 29.7 Å². The number of hydrogen-bond donors (Lipinski definition) is 1. The van der Waals surface area contributed by atoms with Gasteiger partial charge in [0.05, 0.1) is 10.6 Å². The molecule has 0 unspecified atom stereocenters. The van der Waals surface area contributed by atoms with Gasteiger partial charge in [0.25, 0.3) is 11.6 Å². The van der Waals surface area contributed by atoms with Crippen LogP contribution in [0.1, 0.15) is 40.3 Å². The van der Waals surface area contributed by atoms with Crippen LogP contribution in [0.5, 0.6) is 0 Å². The molecule has 2 rings (SSSR count). The maximum atomic E-state index is 12.8. The molecular formula is C18H22N4O4S. The molecule has 0 spiro atoms. The first-order valence-electron chi connectivity index (χ1n) is 8.40. The summed E-state index contributed by atoms with van der Waals surface area (Å²) in [7, 11) is 0. The van der Waals surface area contributed by atoms with Crippen molar-refractivity contribution in [3.63, 3.8) is 0 Å². The number of nitro benzene ring substituents is 1. The van der Waals surface area contributed by atoms with E-state index in [1.807, 2.05) is 13.8 Å². The lowest BCUT2D eigenvalue weighted by molar-refractivity contribution is -0.385. The van der Waals surface area contributed by atoms with Crippen LogP contribution >= 0.6 is 11.3 Å². The number of nitro groups is 1. The summed E-state index contributed by atoms with van der Waals surface area (Å²) >= 11 is 1.37. The molecule has 0 saturated heterocycles. The molecule has 0 aliphatic heterocycles. The molecule has 0 bridgehead atoms. The Morgan fingerprint density at radius 1 is 1.30 bits per heavy atom. The van der Waals surface area contributed by atoms with Gasteiger partial charge in [-0.25, -0.2) is 4.98 Å². The number of aryl methyl sites for hydroxylation is 3. The summed E-state index contributed by atoms with van der Waals surface area (Å²) in [5.41, 5.74) is 1.37. The Morgan fingerprint density at radius 3 is 2.48 bits per heavy atom. The van der Waals surface area contributed by atoms with Gasteiger partial charge in [-0.15, -0.1) is 11.3 Å². The van der Waals surface area contributed by atoms with Crippen molar-refractivity contribution in [3.8, 4) is 0 Å². The van der Waals surface area contributed by atoms with Gasteiger partial charge in [0.15, 0.2) is 5.13 Å². The van der Waals surface area contributed by atoms with Crippen molar-refractivity contribution in [1.29, 1.82) is 0 Å². The first-order chi connectivity index (χ1) is 12.6. The number of benzene rings is 1. The summed E-state index contributed by atoms with van der Waals surface area (Å²) in [6.45, 7) is 8.78. The molecule has 1 N–H and O–H groups in total. The van der Waals surface area contributed by atoms with Crippen LogP contribution in [0.4, 0.5) is 10.8 Å². The van der Waals surface area contributed by atoms with Crippen LogP contribution in [0.15, 0.2) is 18.2 Å². The van der Waals surface area contributed by atoms with E-state index in [1.165, 1.54) is 34.4 Å². The van der Waals surface area contributed by atoms with Crippen molar-refractivity contribution < 1.29 is 14.5 Å². The molecule has 2 amide bonds. The first-order valence-corrected chi connectivity index (χ1v) is 9.21. The third kappa shape index (κ3) is 4.88. The SMILES string of the molecule is Cc1ccc(C(=O)N(CC(=O)Nc2nc(C)c(C)s2)C(C)C)cc1[N+](=O)[O-]. The highest BCUT2D eigenvalue weighted by Crippen LogP contribution is 2.22. The molecule has 0 saturated carbocycles. The average molecular weight is 390 g/mol. The van der Waals surface area contributed by atoms with Gasteiger partial charge in [-0.1, -0.05) is 6.07 Å². The molecule has 9 heteroatoms. The number of carbonyl (C=O) groups is 2. The van der Waals surface area contributed by atoms with Crippen molar-refractivity contribution >= 4 is 34.0 Å². The van der Waals surface area contributed by atoms with Gasteiger partial charge in [0.1, 0.15) is 6.54 Å². The van der Waals surface area contributed by atoms with Gasteiger partial charge in [0, 0.05) is 28.1 Å². The Labute approximate surface area is 161 Å². The number of nitrogens with zero attached hydrogens (tertiary/aromatic N) is 3. The fourth-order valence-electron chi connectivity index (χ4n) is 2.43. The zero-order chi connectivity index (χ0) is 20.3. The summed E-state index contributed by atoms with van der Waals surface area (Å²) in [6, 6.07) is 4.05. The maximum Gasteiger partial charge on any atom is 0.273 e. The zero-order valence-electron chi connectivity index (χ0n) is 15.9. The number of aromatic nitrogens is 1. The van der Waals surface area contributed by atoms with Gasteiger partial charge in [-0.3, -0.25) is 19.7 Å². The highest BCUT2D eigenvalue weighted by atomic mass is 32.1. The van der Waals surface area contributed by atoms with Crippen molar-refractivity contribution in [2.75, 3.05) is 11.9 Å².